The quantitative estimate of drug-likeness (QED) is 0.600. The van der Waals surface area contributed by atoms with Crippen molar-refractivity contribution in [2.45, 2.75) is 26.3 Å². The predicted octanol–water partition coefficient (Wildman–Crippen LogP) is 1.36. The lowest BCUT2D eigenvalue weighted by Crippen LogP contribution is -2.43. The first-order valence-electron chi connectivity index (χ1n) is 4.48. The summed E-state index contributed by atoms with van der Waals surface area (Å²) in [4.78, 5) is 2.41. The normalized spacial score (nSPS) is 27.8. The van der Waals surface area contributed by atoms with Crippen LogP contribution in [0.15, 0.2) is 0 Å². The van der Waals surface area contributed by atoms with E-state index in [0.717, 1.165) is 25.7 Å². The number of hydrogen-bond acceptors (Lipinski definition) is 2. The van der Waals surface area contributed by atoms with Gasteiger partial charge in [0, 0.05) is 12.6 Å². The second kappa shape index (κ2) is 4.07. The fourth-order valence-corrected chi connectivity index (χ4v) is 1.53. The Bertz CT molecular complexity index is 114. The van der Waals surface area contributed by atoms with Crippen molar-refractivity contribution in [2.24, 2.45) is 5.92 Å². The van der Waals surface area contributed by atoms with Gasteiger partial charge in [-0.2, -0.15) is 0 Å². The highest BCUT2D eigenvalue weighted by Crippen LogP contribution is 2.13. The molecule has 1 atom stereocenters. The van der Waals surface area contributed by atoms with Gasteiger partial charge in [-0.25, -0.2) is 0 Å². The van der Waals surface area contributed by atoms with Crippen LogP contribution in [0, 0.1) is 5.92 Å². The Hall–Kier alpha value is -0.0800. The van der Waals surface area contributed by atoms with E-state index in [1.807, 2.05) is 0 Å². The number of hydrogen-bond donors (Lipinski definition) is 0. The van der Waals surface area contributed by atoms with E-state index >= 15 is 0 Å². The van der Waals surface area contributed by atoms with Crippen molar-refractivity contribution in [2.75, 3.05) is 26.8 Å². The van der Waals surface area contributed by atoms with Gasteiger partial charge in [0.2, 0.25) is 0 Å². The zero-order chi connectivity index (χ0) is 8.27. The van der Waals surface area contributed by atoms with E-state index < -0.39 is 0 Å². The zero-order valence-electron chi connectivity index (χ0n) is 7.84. The summed E-state index contributed by atoms with van der Waals surface area (Å²) in [5.74, 6) is 0.782. The molecule has 0 aromatic carbocycles. The van der Waals surface area contributed by atoms with Crippen LogP contribution in [-0.4, -0.2) is 37.7 Å². The minimum Gasteiger partial charge on any atom is -0.378 e. The number of likely N-dealkylation sites (N-methyl/N-ethyl adjacent to an activating group) is 1. The minimum absolute atomic E-state index is 0.656. The molecule has 0 aromatic rings. The SMILES string of the molecule is CC(C)CC1COCCN1C. The van der Waals surface area contributed by atoms with E-state index in [1.165, 1.54) is 6.42 Å². The van der Waals surface area contributed by atoms with E-state index in [9.17, 15) is 0 Å². The van der Waals surface area contributed by atoms with Gasteiger partial charge in [0.05, 0.1) is 13.2 Å². The summed E-state index contributed by atoms with van der Waals surface area (Å²) in [5, 5.41) is 0. The molecule has 0 amide bonds. The van der Waals surface area contributed by atoms with Gasteiger partial charge in [-0.3, -0.25) is 4.90 Å². The van der Waals surface area contributed by atoms with Crippen molar-refractivity contribution < 1.29 is 4.74 Å². The molecule has 0 spiro atoms. The standard InChI is InChI=1S/C9H19NO/c1-8(2)6-9-7-11-5-4-10(9)3/h8-9H,4-7H2,1-3H3. The average Bonchev–Trinajstić information content (AvgIpc) is 1.93. The summed E-state index contributed by atoms with van der Waals surface area (Å²) in [6.45, 7) is 7.46. The monoisotopic (exact) mass is 157 g/mol. The molecule has 0 aromatic heterocycles. The molecule has 66 valence electrons. The maximum atomic E-state index is 5.41. The summed E-state index contributed by atoms with van der Waals surface area (Å²) in [7, 11) is 2.19. The highest BCUT2D eigenvalue weighted by atomic mass is 16.5. The lowest BCUT2D eigenvalue weighted by molar-refractivity contribution is -0.00131. The van der Waals surface area contributed by atoms with E-state index in [-0.39, 0.29) is 0 Å². The van der Waals surface area contributed by atoms with E-state index in [2.05, 4.69) is 25.8 Å². The minimum atomic E-state index is 0.656. The van der Waals surface area contributed by atoms with Crippen LogP contribution in [0.25, 0.3) is 0 Å². The lowest BCUT2D eigenvalue weighted by atomic mass is 10.0. The first-order chi connectivity index (χ1) is 5.20. The predicted molar refractivity (Wildman–Crippen MR) is 46.7 cm³/mol. The van der Waals surface area contributed by atoms with Crippen LogP contribution in [-0.2, 0) is 4.74 Å². The molecule has 0 radical (unpaired) electrons. The molecule has 0 aliphatic carbocycles. The van der Waals surface area contributed by atoms with Crippen LogP contribution in [0.4, 0.5) is 0 Å². The molecule has 2 nitrogen and oxygen atoms in total. The average molecular weight is 157 g/mol. The zero-order valence-corrected chi connectivity index (χ0v) is 7.84. The van der Waals surface area contributed by atoms with Crippen molar-refractivity contribution in [1.82, 2.24) is 4.90 Å². The maximum absolute atomic E-state index is 5.41. The molecule has 1 rings (SSSR count). The van der Waals surface area contributed by atoms with Crippen molar-refractivity contribution in [1.29, 1.82) is 0 Å². The Labute approximate surface area is 69.5 Å². The number of ether oxygens (including phenoxy) is 1. The van der Waals surface area contributed by atoms with Gasteiger partial charge in [-0.05, 0) is 19.4 Å². The Balaban J connectivity index is 2.29. The highest BCUT2D eigenvalue weighted by molar-refractivity contribution is 4.73. The fourth-order valence-electron chi connectivity index (χ4n) is 1.53. The molecule has 1 unspecified atom stereocenters. The summed E-state index contributed by atoms with van der Waals surface area (Å²) >= 11 is 0. The molecule has 1 aliphatic rings. The first kappa shape index (κ1) is 9.01. The summed E-state index contributed by atoms with van der Waals surface area (Å²) < 4.78 is 5.41. The Morgan fingerprint density at radius 2 is 2.27 bits per heavy atom. The third kappa shape index (κ3) is 2.80. The third-order valence-corrected chi connectivity index (χ3v) is 2.27. The molecule has 2 heteroatoms. The van der Waals surface area contributed by atoms with Crippen molar-refractivity contribution in [3.05, 3.63) is 0 Å². The van der Waals surface area contributed by atoms with Gasteiger partial charge in [0.1, 0.15) is 0 Å². The van der Waals surface area contributed by atoms with Crippen LogP contribution in [0.3, 0.4) is 0 Å². The van der Waals surface area contributed by atoms with Gasteiger partial charge in [-0.15, -0.1) is 0 Å². The number of nitrogens with zero attached hydrogens (tertiary/aromatic N) is 1. The highest BCUT2D eigenvalue weighted by Gasteiger charge is 2.19. The topological polar surface area (TPSA) is 12.5 Å². The van der Waals surface area contributed by atoms with Crippen molar-refractivity contribution in [3.8, 4) is 0 Å². The van der Waals surface area contributed by atoms with Crippen molar-refractivity contribution in [3.63, 3.8) is 0 Å². The van der Waals surface area contributed by atoms with Gasteiger partial charge in [-0.1, -0.05) is 13.8 Å². The van der Waals surface area contributed by atoms with Gasteiger partial charge >= 0.3 is 0 Å². The fraction of sp³-hybridized carbons (Fsp3) is 1.00. The van der Waals surface area contributed by atoms with Crippen molar-refractivity contribution >= 4 is 0 Å². The smallest absolute Gasteiger partial charge is 0.0622 e. The van der Waals surface area contributed by atoms with E-state index in [1.54, 1.807) is 0 Å². The second-order valence-corrected chi connectivity index (χ2v) is 3.84. The van der Waals surface area contributed by atoms with Crippen LogP contribution >= 0.6 is 0 Å². The molecular formula is C9H19NO. The second-order valence-electron chi connectivity index (χ2n) is 3.84. The molecule has 0 bridgehead atoms. The third-order valence-electron chi connectivity index (χ3n) is 2.27. The number of morpholine rings is 1. The number of rotatable bonds is 2. The van der Waals surface area contributed by atoms with E-state index in [4.69, 9.17) is 4.74 Å². The lowest BCUT2D eigenvalue weighted by Gasteiger charge is -2.33. The van der Waals surface area contributed by atoms with Crippen LogP contribution in [0.1, 0.15) is 20.3 Å². The van der Waals surface area contributed by atoms with Gasteiger partial charge < -0.3 is 4.74 Å². The van der Waals surface area contributed by atoms with Gasteiger partial charge in [0.25, 0.3) is 0 Å². The molecule has 11 heavy (non-hydrogen) atoms. The van der Waals surface area contributed by atoms with Gasteiger partial charge in [0.15, 0.2) is 0 Å². The summed E-state index contributed by atoms with van der Waals surface area (Å²) in [6.07, 6.45) is 1.26. The Kier molecular flexibility index (Phi) is 3.34. The molecule has 0 N–H and O–H groups in total. The van der Waals surface area contributed by atoms with Crippen LogP contribution in [0.2, 0.25) is 0 Å². The van der Waals surface area contributed by atoms with Crippen LogP contribution in [0.5, 0.6) is 0 Å². The summed E-state index contributed by atoms with van der Waals surface area (Å²) in [5.41, 5.74) is 0. The molecule has 0 saturated carbocycles. The first-order valence-corrected chi connectivity index (χ1v) is 4.48. The molecule has 1 heterocycles. The molecule has 1 aliphatic heterocycles. The maximum Gasteiger partial charge on any atom is 0.0622 e. The summed E-state index contributed by atoms with van der Waals surface area (Å²) in [6, 6.07) is 0.656. The largest absolute Gasteiger partial charge is 0.378 e. The van der Waals surface area contributed by atoms with E-state index in [0.29, 0.717) is 6.04 Å². The molecule has 1 fully saturated rings. The molecular weight excluding hydrogens is 138 g/mol. The van der Waals surface area contributed by atoms with Crippen LogP contribution < -0.4 is 0 Å². The Morgan fingerprint density at radius 3 is 2.82 bits per heavy atom. The Morgan fingerprint density at radius 1 is 1.55 bits per heavy atom. The molecule has 1 saturated heterocycles.